The lowest BCUT2D eigenvalue weighted by molar-refractivity contribution is -0.186. The van der Waals surface area contributed by atoms with E-state index in [0.717, 1.165) is 6.42 Å². The molecule has 0 amide bonds. The van der Waals surface area contributed by atoms with Gasteiger partial charge in [0.25, 0.3) is 0 Å². The van der Waals surface area contributed by atoms with Gasteiger partial charge < -0.3 is 24.3 Å². The SMILES string of the molecule is OCCOc1nccc(-c2[nH]c(C3OCCCO3)nc2-c2ccc(F)cc2)n1. The lowest BCUT2D eigenvalue weighted by Gasteiger charge is -2.21. The second-order valence-corrected chi connectivity index (χ2v) is 6.08. The van der Waals surface area contributed by atoms with Gasteiger partial charge >= 0.3 is 6.01 Å². The first-order chi connectivity index (χ1) is 13.7. The Morgan fingerprint density at radius 2 is 1.93 bits per heavy atom. The number of aliphatic hydroxyl groups excluding tert-OH is 1. The molecule has 0 atom stereocenters. The molecule has 3 heterocycles. The molecule has 1 fully saturated rings. The smallest absolute Gasteiger partial charge is 0.317 e. The van der Waals surface area contributed by atoms with Crippen molar-refractivity contribution in [2.45, 2.75) is 12.7 Å². The second kappa shape index (κ2) is 8.42. The third-order valence-corrected chi connectivity index (χ3v) is 4.10. The predicted molar refractivity (Wildman–Crippen MR) is 96.9 cm³/mol. The van der Waals surface area contributed by atoms with Crippen LogP contribution in [0.4, 0.5) is 4.39 Å². The standard InChI is InChI=1S/C19H19FN4O4/c20-13-4-2-12(3-5-13)15-16(14-6-7-21-19(22-14)28-11-8-25)24-17(23-15)18-26-9-1-10-27-18/h2-7,18,25H,1,8-11H2,(H,23,24). The van der Waals surface area contributed by atoms with Crippen LogP contribution in [0.15, 0.2) is 36.5 Å². The zero-order valence-corrected chi connectivity index (χ0v) is 15.0. The molecule has 0 radical (unpaired) electrons. The van der Waals surface area contributed by atoms with E-state index >= 15 is 0 Å². The molecule has 0 saturated carbocycles. The van der Waals surface area contributed by atoms with Gasteiger partial charge in [0.1, 0.15) is 12.4 Å². The number of aliphatic hydroxyl groups is 1. The van der Waals surface area contributed by atoms with E-state index in [9.17, 15) is 4.39 Å². The van der Waals surface area contributed by atoms with E-state index in [4.69, 9.17) is 19.3 Å². The normalized spacial score (nSPS) is 14.9. The van der Waals surface area contributed by atoms with E-state index < -0.39 is 6.29 Å². The summed E-state index contributed by atoms with van der Waals surface area (Å²) in [7, 11) is 0. The second-order valence-electron chi connectivity index (χ2n) is 6.08. The number of hydrogen-bond donors (Lipinski definition) is 2. The van der Waals surface area contributed by atoms with Crippen LogP contribution in [0.5, 0.6) is 6.01 Å². The lowest BCUT2D eigenvalue weighted by Crippen LogP contribution is -2.18. The van der Waals surface area contributed by atoms with Crippen molar-refractivity contribution in [2.24, 2.45) is 0 Å². The van der Waals surface area contributed by atoms with Crippen LogP contribution in [-0.4, -0.2) is 51.5 Å². The minimum atomic E-state index is -0.603. The van der Waals surface area contributed by atoms with Gasteiger partial charge in [-0.1, -0.05) is 0 Å². The Kier molecular flexibility index (Phi) is 5.56. The van der Waals surface area contributed by atoms with Crippen LogP contribution in [0.2, 0.25) is 0 Å². The quantitative estimate of drug-likeness (QED) is 0.671. The van der Waals surface area contributed by atoms with Crippen LogP contribution in [0, 0.1) is 5.82 Å². The van der Waals surface area contributed by atoms with Crippen molar-refractivity contribution < 1.29 is 23.7 Å². The summed E-state index contributed by atoms with van der Waals surface area (Å²) in [5.41, 5.74) is 2.44. The molecule has 1 aliphatic rings. The van der Waals surface area contributed by atoms with Crippen LogP contribution in [0.25, 0.3) is 22.6 Å². The van der Waals surface area contributed by atoms with Crippen molar-refractivity contribution in [3.63, 3.8) is 0 Å². The highest BCUT2D eigenvalue weighted by Crippen LogP contribution is 2.32. The number of rotatable bonds is 6. The molecule has 0 bridgehead atoms. The molecule has 0 aliphatic carbocycles. The number of hydrogen-bond acceptors (Lipinski definition) is 7. The number of ether oxygens (including phenoxy) is 3. The molecular formula is C19H19FN4O4. The molecule has 1 saturated heterocycles. The van der Waals surface area contributed by atoms with Gasteiger partial charge in [-0.15, -0.1) is 0 Å². The molecule has 1 aliphatic heterocycles. The number of aromatic amines is 1. The van der Waals surface area contributed by atoms with Gasteiger partial charge in [0.05, 0.1) is 36.9 Å². The topological polar surface area (TPSA) is 102 Å². The van der Waals surface area contributed by atoms with E-state index in [-0.39, 0.29) is 25.0 Å². The zero-order chi connectivity index (χ0) is 19.3. The van der Waals surface area contributed by atoms with Crippen molar-refractivity contribution >= 4 is 0 Å². The summed E-state index contributed by atoms with van der Waals surface area (Å²) in [5, 5.41) is 8.92. The Hall–Kier alpha value is -2.88. The molecule has 146 valence electrons. The predicted octanol–water partition coefficient (Wildman–Crippen LogP) is 2.48. The van der Waals surface area contributed by atoms with Crippen molar-refractivity contribution in [3.8, 4) is 28.7 Å². The van der Waals surface area contributed by atoms with Gasteiger partial charge in [-0.2, -0.15) is 4.98 Å². The van der Waals surface area contributed by atoms with E-state index in [1.54, 1.807) is 24.4 Å². The maximum Gasteiger partial charge on any atom is 0.317 e. The number of aromatic nitrogens is 4. The molecule has 4 rings (SSSR count). The lowest BCUT2D eigenvalue weighted by atomic mass is 10.1. The Bertz CT molecular complexity index is 926. The monoisotopic (exact) mass is 386 g/mol. The molecule has 0 unspecified atom stereocenters. The average molecular weight is 386 g/mol. The number of halogens is 1. The van der Waals surface area contributed by atoms with Crippen LogP contribution in [0.1, 0.15) is 18.5 Å². The Balaban J connectivity index is 1.75. The fourth-order valence-electron chi connectivity index (χ4n) is 2.84. The van der Waals surface area contributed by atoms with E-state index in [2.05, 4.69) is 19.9 Å². The number of nitrogens with zero attached hydrogens (tertiary/aromatic N) is 3. The molecule has 2 N–H and O–H groups in total. The van der Waals surface area contributed by atoms with Crippen LogP contribution >= 0.6 is 0 Å². The van der Waals surface area contributed by atoms with E-state index in [1.807, 2.05) is 0 Å². The summed E-state index contributed by atoms with van der Waals surface area (Å²) >= 11 is 0. The maximum absolute atomic E-state index is 13.4. The minimum Gasteiger partial charge on any atom is -0.461 e. The number of benzene rings is 1. The van der Waals surface area contributed by atoms with Crippen molar-refractivity contribution in [1.82, 2.24) is 19.9 Å². The van der Waals surface area contributed by atoms with Gasteiger partial charge in [0, 0.05) is 11.8 Å². The first kappa shape index (κ1) is 18.5. The molecule has 28 heavy (non-hydrogen) atoms. The van der Waals surface area contributed by atoms with Gasteiger partial charge in [-0.25, -0.2) is 14.4 Å². The summed E-state index contributed by atoms with van der Waals surface area (Å²) in [6, 6.07) is 7.88. The summed E-state index contributed by atoms with van der Waals surface area (Å²) in [4.78, 5) is 16.3. The van der Waals surface area contributed by atoms with Crippen LogP contribution < -0.4 is 4.74 Å². The molecular weight excluding hydrogens is 367 g/mol. The van der Waals surface area contributed by atoms with Gasteiger partial charge in [-0.3, -0.25) is 0 Å². The Morgan fingerprint density at radius 1 is 1.14 bits per heavy atom. The largest absolute Gasteiger partial charge is 0.461 e. The van der Waals surface area contributed by atoms with Crippen LogP contribution in [-0.2, 0) is 9.47 Å². The van der Waals surface area contributed by atoms with Crippen molar-refractivity contribution in [3.05, 3.63) is 48.2 Å². The van der Waals surface area contributed by atoms with Gasteiger partial charge in [-0.05, 0) is 36.8 Å². The highest BCUT2D eigenvalue weighted by atomic mass is 19.1. The third-order valence-electron chi connectivity index (χ3n) is 4.10. The minimum absolute atomic E-state index is 0.0895. The molecule has 9 heteroatoms. The highest BCUT2D eigenvalue weighted by Gasteiger charge is 2.24. The first-order valence-corrected chi connectivity index (χ1v) is 8.91. The Morgan fingerprint density at radius 3 is 2.68 bits per heavy atom. The van der Waals surface area contributed by atoms with Crippen molar-refractivity contribution in [2.75, 3.05) is 26.4 Å². The van der Waals surface area contributed by atoms with Gasteiger partial charge in [0.2, 0.25) is 6.29 Å². The molecule has 1 aromatic carbocycles. The summed E-state index contributed by atoms with van der Waals surface area (Å²) in [6.45, 7) is 1.11. The van der Waals surface area contributed by atoms with E-state index in [1.165, 1.54) is 12.1 Å². The highest BCUT2D eigenvalue weighted by molar-refractivity contribution is 5.76. The summed E-state index contributed by atoms with van der Waals surface area (Å²) in [6.07, 6.45) is 1.78. The number of H-pyrrole nitrogens is 1. The van der Waals surface area contributed by atoms with Crippen LogP contribution in [0.3, 0.4) is 0 Å². The van der Waals surface area contributed by atoms with Crippen molar-refractivity contribution in [1.29, 1.82) is 0 Å². The zero-order valence-electron chi connectivity index (χ0n) is 15.0. The first-order valence-electron chi connectivity index (χ1n) is 8.91. The third kappa shape index (κ3) is 4.01. The summed E-state index contributed by atoms with van der Waals surface area (Å²) in [5.74, 6) is 0.173. The molecule has 0 spiro atoms. The Labute approximate surface area is 160 Å². The molecule has 8 nitrogen and oxygen atoms in total. The fourth-order valence-corrected chi connectivity index (χ4v) is 2.84. The molecule has 3 aromatic rings. The summed E-state index contributed by atoms with van der Waals surface area (Å²) < 4.78 is 29.9. The number of nitrogens with one attached hydrogen (secondary N) is 1. The maximum atomic E-state index is 13.4. The van der Waals surface area contributed by atoms with Gasteiger partial charge in [0.15, 0.2) is 5.82 Å². The number of imidazole rings is 1. The fraction of sp³-hybridized carbons (Fsp3) is 0.316. The average Bonchev–Trinajstić information content (AvgIpc) is 3.19. The van der Waals surface area contributed by atoms with E-state index in [0.29, 0.717) is 41.7 Å². The molecule has 2 aromatic heterocycles.